The minimum atomic E-state index is 0.308. The van der Waals surface area contributed by atoms with Crippen LogP contribution in [0.4, 0.5) is 5.82 Å². The highest BCUT2D eigenvalue weighted by Crippen LogP contribution is 2.14. The number of aryl methyl sites for hydroxylation is 1. The lowest BCUT2D eigenvalue weighted by molar-refractivity contribution is 1.09. The van der Waals surface area contributed by atoms with Crippen molar-refractivity contribution in [3.05, 3.63) is 40.0 Å². The quantitative estimate of drug-likeness (QED) is 0.828. The average molecular weight is 264 g/mol. The maximum absolute atomic E-state index is 5.53. The lowest BCUT2D eigenvalue weighted by Gasteiger charge is -2.05. The first-order valence-corrected chi connectivity index (χ1v) is 6.35. The van der Waals surface area contributed by atoms with Crippen molar-refractivity contribution in [2.75, 3.05) is 5.32 Å². The van der Waals surface area contributed by atoms with Crippen LogP contribution in [0.1, 0.15) is 16.3 Å². The highest BCUT2D eigenvalue weighted by atomic mass is 32.1. The number of aromatic nitrogens is 2. The van der Waals surface area contributed by atoms with Gasteiger partial charge in [-0.2, -0.15) is 0 Å². The molecule has 0 aliphatic carbocycles. The number of nitrogens with zero attached hydrogens (tertiary/aromatic N) is 2. The molecular formula is C11H12N4S2. The van der Waals surface area contributed by atoms with Crippen LogP contribution >= 0.6 is 23.6 Å². The van der Waals surface area contributed by atoms with Crippen molar-refractivity contribution >= 4 is 34.4 Å². The molecule has 6 heteroatoms. The summed E-state index contributed by atoms with van der Waals surface area (Å²) in [4.78, 5) is 10.0. The van der Waals surface area contributed by atoms with Crippen LogP contribution in [0.3, 0.4) is 0 Å². The molecule has 0 fully saturated rings. The van der Waals surface area contributed by atoms with Crippen molar-refractivity contribution in [1.29, 1.82) is 0 Å². The van der Waals surface area contributed by atoms with Gasteiger partial charge in [-0.15, -0.1) is 11.3 Å². The third-order valence-electron chi connectivity index (χ3n) is 2.28. The fourth-order valence-electron chi connectivity index (χ4n) is 1.34. The molecular weight excluding hydrogens is 252 g/mol. The number of nitrogens with one attached hydrogen (secondary N) is 1. The Labute approximate surface area is 109 Å². The summed E-state index contributed by atoms with van der Waals surface area (Å²) in [6.07, 6.45) is 0. The topological polar surface area (TPSA) is 63.8 Å². The SMILES string of the molecule is Cc1ncsc1CNc1cccc(C(N)=S)n1. The third kappa shape index (κ3) is 2.98. The van der Waals surface area contributed by atoms with Crippen LogP contribution < -0.4 is 11.1 Å². The van der Waals surface area contributed by atoms with Gasteiger partial charge in [0.05, 0.1) is 23.4 Å². The molecule has 0 aliphatic rings. The van der Waals surface area contributed by atoms with Crippen LogP contribution in [0.2, 0.25) is 0 Å². The molecule has 17 heavy (non-hydrogen) atoms. The molecule has 88 valence electrons. The Balaban J connectivity index is 2.07. The normalized spacial score (nSPS) is 10.2. The molecule has 0 bridgehead atoms. The minimum Gasteiger partial charge on any atom is -0.388 e. The number of hydrogen-bond donors (Lipinski definition) is 2. The Kier molecular flexibility index (Phi) is 3.65. The van der Waals surface area contributed by atoms with Gasteiger partial charge in [0.15, 0.2) is 0 Å². The van der Waals surface area contributed by atoms with Gasteiger partial charge >= 0.3 is 0 Å². The van der Waals surface area contributed by atoms with Crippen molar-refractivity contribution in [3.63, 3.8) is 0 Å². The summed E-state index contributed by atoms with van der Waals surface area (Å²) < 4.78 is 0. The summed E-state index contributed by atoms with van der Waals surface area (Å²) in [5, 5.41) is 3.23. The zero-order chi connectivity index (χ0) is 12.3. The first-order valence-electron chi connectivity index (χ1n) is 5.06. The number of rotatable bonds is 4. The molecule has 0 amide bonds. The molecule has 2 aromatic heterocycles. The summed E-state index contributed by atoms with van der Waals surface area (Å²) in [5.41, 5.74) is 9.05. The predicted octanol–water partition coefficient (Wildman–Crippen LogP) is 2.09. The van der Waals surface area contributed by atoms with E-state index < -0.39 is 0 Å². The highest BCUT2D eigenvalue weighted by Gasteiger charge is 2.03. The van der Waals surface area contributed by atoms with Gasteiger partial charge in [-0.1, -0.05) is 18.3 Å². The van der Waals surface area contributed by atoms with Gasteiger partial charge < -0.3 is 11.1 Å². The number of thiazole rings is 1. The van der Waals surface area contributed by atoms with E-state index in [0.717, 1.165) is 11.5 Å². The van der Waals surface area contributed by atoms with Crippen LogP contribution in [0.25, 0.3) is 0 Å². The van der Waals surface area contributed by atoms with Crippen LogP contribution in [-0.2, 0) is 6.54 Å². The lowest BCUT2D eigenvalue weighted by atomic mass is 10.3. The molecule has 0 spiro atoms. The van der Waals surface area contributed by atoms with E-state index in [1.165, 1.54) is 4.88 Å². The molecule has 2 heterocycles. The van der Waals surface area contributed by atoms with Gasteiger partial charge in [-0.3, -0.25) is 0 Å². The maximum atomic E-state index is 5.53. The smallest absolute Gasteiger partial charge is 0.127 e. The number of hydrogen-bond acceptors (Lipinski definition) is 5. The summed E-state index contributed by atoms with van der Waals surface area (Å²) in [6.45, 7) is 2.71. The van der Waals surface area contributed by atoms with Crippen molar-refractivity contribution < 1.29 is 0 Å². The Morgan fingerprint density at radius 3 is 3.00 bits per heavy atom. The van der Waals surface area contributed by atoms with E-state index in [0.29, 0.717) is 17.2 Å². The molecule has 0 saturated heterocycles. The summed E-state index contributed by atoms with van der Waals surface area (Å²) in [7, 11) is 0. The van der Waals surface area contributed by atoms with Gasteiger partial charge in [0.2, 0.25) is 0 Å². The molecule has 0 saturated carbocycles. The maximum Gasteiger partial charge on any atom is 0.127 e. The van der Waals surface area contributed by atoms with Crippen LogP contribution in [-0.4, -0.2) is 15.0 Å². The van der Waals surface area contributed by atoms with Gasteiger partial charge in [-0.05, 0) is 19.1 Å². The minimum absolute atomic E-state index is 0.308. The van der Waals surface area contributed by atoms with Crippen molar-refractivity contribution in [2.24, 2.45) is 5.73 Å². The van der Waals surface area contributed by atoms with Gasteiger partial charge in [0, 0.05) is 4.88 Å². The van der Waals surface area contributed by atoms with Crippen LogP contribution in [0.15, 0.2) is 23.7 Å². The van der Waals surface area contributed by atoms with Crippen LogP contribution in [0, 0.1) is 6.92 Å². The zero-order valence-corrected chi connectivity index (χ0v) is 10.9. The van der Waals surface area contributed by atoms with E-state index in [2.05, 4.69) is 15.3 Å². The Hall–Kier alpha value is -1.53. The lowest BCUT2D eigenvalue weighted by Crippen LogP contribution is -2.12. The molecule has 0 aliphatic heterocycles. The third-order valence-corrected chi connectivity index (χ3v) is 3.42. The second-order valence-electron chi connectivity index (χ2n) is 3.49. The summed E-state index contributed by atoms with van der Waals surface area (Å²) >= 11 is 6.51. The zero-order valence-electron chi connectivity index (χ0n) is 9.30. The first-order chi connectivity index (χ1) is 8.16. The second-order valence-corrected chi connectivity index (χ2v) is 4.87. The Morgan fingerprint density at radius 1 is 1.53 bits per heavy atom. The van der Waals surface area contributed by atoms with Crippen LogP contribution in [0.5, 0.6) is 0 Å². The number of nitrogens with two attached hydrogens (primary N) is 1. The molecule has 0 radical (unpaired) electrons. The fourth-order valence-corrected chi connectivity index (χ4v) is 2.17. The van der Waals surface area contributed by atoms with Gasteiger partial charge in [0.1, 0.15) is 10.8 Å². The summed E-state index contributed by atoms with van der Waals surface area (Å²) in [6, 6.07) is 5.56. The molecule has 2 aromatic rings. The number of anilines is 1. The van der Waals surface area contributed by atoms with E-state index in [1.807, 2.05) is 24.6 Å². The predicted molar refractivity (Wildman–Crippen MR) is 74.3 cm³/mol. The molecule has 2 rings (SSSR count). The van der Waals surface area contributed by atoms with Crippen molar-refractivity contribution in [2.45, 2.75) is 13.5 Å². The molecule has 3 N–H and O–H groups in total. The van der Waals surface area contributed by atoms with Crippen molar-refractivity contribution in [3.8, 4) is 0 Å². The Bertz CT molecular complexity index is 536. The first kappa shape index (κ1) is 11.9. The van der Waals surface area contributed by atoms with E-state index in [9.17, 15) is 0 Å². The highest BCUT2D eigenvalue weighted by molar-refractivity contribution is 7.80. The number of pyridine rings is 1. The molecule has 0 atom stereocenters. The fraction of sp³-hybridized carbons (Fsp3) is 0.182. The molecule has 4 nitrogen and oxygen atoms in total. The molecule has 0 aromatic carbocycles. The number of thiocarbonyl (C=S) groups is 1. The van der Waals surface area contributed by atoms with Gasteiger partial charge in [0.25, 0.3) is 0 Å². The average Bonchev–Trinajstić information content (AvgIpc) is 2.72. The van der Waals surface area contributed by atoms with E-state index in [1.54, 1.807) is 17.4 Å². The largest absolute Gasteiger partial charge is 0.388 e. The van der Waals surface area contributed by atoms with Crippen molar-refractivity contribution in [1.82, 2.24) is 9.97 Å². The van der Waals surface area contributed by atoms with E-state index >= 15 is 0 Å². The molecule has 0 unspecified atom stereocenters. The monoisotopic (exact) mass is 264 g/mol. The van der Waals surface area contributed by atoms with E-state index in [-0.39, 0.29) is 0 Å². The summed E-state index contributed by atoms with van der Waals surface area (Å²) in [5.74, 6) is 0.767. The Morgan fingerprint density at radius 2 is 2.35 bits per heavy atom. The second kappa shape index (κ2) is 5.20. The standard InChI is InChI=1S/C11H12N4S2/c1-7-9(17-6-14-7)5-13-10-4-2-3-8(15-10)11(12)16/h2-4,6H,5H2,1H3,(H2,12,16)(H,13,15). The van der Waals surface area contributed by atoms with E-state index in [4.69, 9.17) is 18.0 Å². The van der Waals surface area contributed by atoms with Gasteiger partial charge in [-0.25, -0.2) is 9.97 Å².